The average molecular weight is 344 g/mol. The first-order valence-electron chi connectivity index (χ1n) is 6.73. The van der Waals surface area contributed by atoms with Gasteiger partial charge in [0.1, 0.15) is 5.58 Å². The zero-order chi connectivity index (χ0) is 14.7. The van der Waals surface area contributed by atoms with Gasteiger partial charge in [0.05, 0.1) is 11.8 Å². The van der Waals surface area contributed by atoms with Crippen LogP contribution in [-0.2, 0) is 6.42 Å². The van der Waals surface area contributed by atoms with Crippen molar-refractivity contribution in [3.8, 4) is 0 Å². The first-order chi connectivity index (χ1) is 10.3. The molecule has 2 aromatic carbocycles. The van der Waals surface area contributed by atoms with Crippen LogP contribution < -0.4 is 5.32 Å². The fourth-order valence-electron chi connectivity index (χ4n) is 2.28. The molecule has 3 aromatic rings. The van der Waals surface area contributed by atoms with Gasteiger partial charge in [-0.05, 0) is 46.1 Å². The lowest BCUT2D eigenvalue weighted by Gasteiger charge is -2.06. The summed E-state index contributed by atoms with van der Waals surface area (Å²) in [5.41, 5.74) is 2.64. The smallest absolute Gasteiger partial charge is 0.252 e. The van der Waals surface area contributed by atoms with Crippen molar-refractivity contribution in [2.24, 2.45) is 0 Å². The maximum absolute atomic E-state index is 12.1. The monoisotopic (exact) mass is 343 g/mol. The van der Waals surface area contributed by atoms with Crippen LogP contribution in [0.2, 0.25) is 0 Å². The molecule has 1 N–H and O–H groups in total. The molecule has 0 unspecified atom stereocenters. The number of fused-ring (bicyclic) bond motifs is 1. The van der Waals surface area contributed by atoms with E-state index in [1.54, 1.807) is 12.3 Å². The van der Waals surface area contributed by atoms with Crippen LogP contribution in [-0.4, -0.2) is 12.5 Å². The Labute approximate surface area is 131 Å². The molecule has 0 bridgehead atoms. The molecule has 21 heavy (non-hydrogen) atoms. The lowest BCUT2D eigenvalue weighted by Crippen LogP contribution is -2.25. The highest BCUT2D eigenvalue weighted by Crippen LogP contribution is 2.21. The predicted octanol–water partition coefficient (Wildman–Crippen LogP) is 4.17. The van der Waals surface area contributed by atoms with Crippen molar-refractivity contribution in [3.05, 3.63) is 70.4 Å². The molecule has 0 saturated heterocycles. The van der Waals surface area contributed by atoms with Crippen molar-refractivity contribution in [3.63, 3.8) is 0 Å². The van der Waals surface area contributed by atoms with E-state index in [0.29, 0.717) is 12.1 Å². The lowest BCUT2D eigenvalue weighted by molar-refractivity contribution is 0.0953. The normalized spacial score (nSPS) is 10.7. The van der Waals surface area contributed by atoms with Crippen molar-refractivity contribution in [1.82, 2.24) is 5.32 Å². The van der Waals surface area contributed by atoms with Gasteiger partial charge < -0.3 is 9.73 Å². The van der Waals surface area contributed by atoms with Crippen molar-refractivity contribution in [1.29, 1.82) is 0 Å². The summed E-state index contributed by atoms with van der Waals surface area (Å²) >= 11 is 3.38. The van der Waals surface area contributed by atoms with Crippen LogP contribution in [0.15, 0.2) is 63.7 Å². The fraction of sp³-hybridized carbons (Fsp3) is 0.118. The van der Waals surface area contributed by atoms with Crippen LogP contribution in [0, 0.1) is 0 Å². The van der Waals surface area contributed by atoms with Gasteiger partial charge in [-0.2, -0.15) is 0 Å². The van der Waals surface area contributed by atoms with Gasteiger partial charge in [0.15, 0.2) is 0 Å². The second-order valence-corrected chi connectivity index (χ2v) is 5.60. The topological polar surface area (TPSA) is 42.2 Å². The van der Waals surface area contributed by atoms with Gasteiger partial charge in [0.2, 0.25) is 0 Å². The second-order valence-electron chi connectivity index (χ2n) is 4.74. The molecule has 0 aliphatic rings. The Hall–Kier alpha value is -2.07. The Kier molecular flexibility index (Phi) is 4.06. The number of halogens is 1. The summed E-state index contributed by atoms with van der Waals surface area (Å²) in [6, 6.07) is 15.3. The molecule has 0 spiro atoms. The average Bonchev–Trinajstić information content (AvgIpc) is 2.91. The van der Waals surface area contributed by atoms with E-state index < -0.39 is 0 Å². The molecule has 106 valence electrons. The lowest BCUT2D eigenvalue weighted by atomic mass is 10.1. The number of hydrogen-bond acceptors (Lipinski definition) is 2. The molecule has 0 aliphatic carbocycles. The van der Waals surface area contributed by atoms with E-state index in [0.717, 1.165) is 27.4 Å². The van der Waals surface area contributed by atoms with Crippen molar-refractivity contribution in [2.75, 3.05) is 6.54 Å². The third kappa shape index (κ3) is 3.00. The highest BCUT2D eigenvalue weighted by Gasteiger charge is 2.09. The number of benzene rings is 2. The van der Waals surface area contributed by atoms with Crippen LogP contribution >= 0.6 is 15.9 Å². The highest BCUT2D eigenvalue weighted by atomic mass is 79.9. The van der Waals surface area contributed by atoms with Gasteiger partial charge >= 0.3 is 0 Å². The molecule has 0 aliphatic heterocycles. The Morgan fingerprint density at radius 3 is 2.71 bits per heavy atom. The SMILES string of the molecule is O=C(NCCc1coc2ccccc12)c1ccccc1Br. The first-order valence-corrected chi connectivity index (χ1v) is 7.53. The molecule has 4 heteroatoms. The number of para-hydroxylation sites is 1. The van der Waals surface area contributed by atoms with Crippen molar-refractivity contribution < 1.29 is 9.21 Å². The van der Waals surface area contributed by atoms with Gasteiger partial charge in [-0.1, -0.05) is 30.3 Å². The largest absolute Gasteiger partial charge is 0.464 e. The van der Waals surface area contributed by atoms with Gasteiger partial charge in [-0.3, -0.25) is 4.79 Å². The molecule has 1 heterocycles. The highest BCUT2D eigenvalue weighted by molar-refractivity contribution is 9.10. The molecular weight excluding hydrogens is 330 g/mol. The first kappa shape index (κ1) is 13.9. The number of rotatable bonds is 4. The molecule has 3 rings (SSSR count). The van der Waals surface area contributed by atoms with Crippen LogP contribution in [0.25, 0.3) is 11.0 Å². The minimum absolute atomic E-state index is 0.0738. The number of nitrogens with one attached hydrogen (secondary N) is 1. The number of hydrogen-bond donors (Lipinski definition) is 1. The zero-order valence-corrected chi connectivity index (χ0v) is 12.9. The molecule has 3 nitrogen and oxygen atoms in total. The molecule has 0 atom stereocenters. The van der Waals surface area contributed by atoms with Crippen molar-refractivity contribution in [2.45, 2.75) is 6.42 Å². The summed E-state index contributed by atoms with van der Waals surface area (Å²) in [6.07, 6.45) is 2.50. The fourth-order valence-corrected chi connectivity index (χ4v) is 2.74. The Bertz CT molecular complexity index is 779. The van der Waals surface area contributed by atoms with E-state index >= 15 is 0 Å². The summed E-state index contributed by atoms with van der Waals surface area (Å²) < 4.78 is 6.29. The Morgan fingerprint density at radius 1 is 1.10 bits per heavy atom. The molecule has 0 fully saturated rings. The number of furan rings is 1. The second kappa shape index (κ2) is 6.14. The number of carbonyl (C=O) groups is 1. The Morgan fingerprint density at radius 2 is 1.86 bits per heavy atom. The van der Waals surface area contributed by atoms with E-state index in [4.69, 9.17) is 4.42 Å². The van der Waals surface area contributed by atoms with Gasteiger partial charge in [-0.15, -0.1) is 0 Å². The summed E-state index contributed by atoms with van der Waals surface area (Å²) in [4.78, 5) is 12.1. The molecule has 0 radical (unpaired) electrons. The zero-order valence-electron chi connectivity index (χ0n) is 11.3. The van der Waals surface area contributed by atoms with Crippen LogP contribution in [0.1, 0.15) is 15.9 Å². The number of carbonyl (C=O) groups excluding carboxylic acids is 1. The van der Waals surface area contributed by atoms with E-state index in [9.17, 15) is 4.79 Å². The van der Waals surface area contributed by atoms with Gasteiger partial charge in [0, 0.05) is 16.4 Å². The van der Waals surface area contributed by atoms with E-state index in [1.165, 1.54) is 0 Å². The standard InChI is InChI=1S/C17H14BrNO2/c18-15-7-3-1-6-14(15)17(20)19-10-9-12-11-21-16-8-4-2-5-13(12)16/h1-8,11H,9-10H2,(H,19,20). The van der Waals surface area contributed by atoms with E-state index in [-0.39, 0.29) is 5.91 Å². The van der Waals surface area contributed by atoms with Gasteiger partial charge in [-0.25, -0.2) is 0 Å². The molecular formula is C17H14BrNO2. The van der Waals surface area contributed by atoms with Crippen LogP contribution in [0.3, 0.4) is 0 Å². The van der Waals surface area contributed by atoms with Crippen molar-refractivity contribution >= 4 is 32.8 Å². The summed E-state index contributed by atoms with van der Waals surface area (Å²) in [7, 11) is 0. The minimum Gasteiger partial charge on any atom is -0.464 e. The maximum atomic E-state index is 12.1. The van der Waals surface area contributed by atoms with Crippen LogP contribution in [0.5, 0.6) is 0 Å². The molecule has 1 amide bonds. The third-order valence-electron chi connectivity index (χ3n) is 3.36. The minimum atomic E-state index is -0.0738. The maximum Gasteiger partial charge on any atom is 0.252 e. The summed E-state index contributed by atoms with van der Waals surface area (Å²) in [5, 5.41) is 4.04. The van der Waals surface area contributed by atoms with E-state index in [2.05, 4.69) is 21.2 Å². The van der Waals surface area contributed by atoms with Gasteiger partial charge in [0.25, 0.3) is 5.91 Å². The predicted molar refractivity (Wildman–Crippen MR) is 86.4 cm³/mol. The summed E-state index contributed by atoms with van der Waals surface area (Å²) in [5.74, 6) is -0.0738. The Balaban J connectivity index is 1.64. The number of amides is 1. The van der Waals surface area contributed by atoms with Crippen LogP contribution in [0.4, 0.5) is 0 Å². The van der Waals surface area contributed by atoms with E-state index in [1.807, 2.05) is 42.5 Å². The molecule has 1 aromatic heterocycles. The third-order valence-corrected chi connectivity index (χ3v) is 4.05. The molecule has 0 saturated carbocycles. The summed E-state index contributed by atoms with van der Waals surface area (Å²) in [6.45, 7) is 0.573. The quantitative estimate of drug-likeness (QED) is 0.772.